The van der Waals surface area contributed by atoms with Crippen LogP contribution in [0.4, 0.5) is 0 Å². The van der Waals surface area contributed by atoms with Crippen molar-refractivity contribution in [3.63, 3.8) is 0 Å². The number of hydrogen-bond acceptors (Lipinski definition) is 0. The van der Waals surface area contributed by atoms with Crippen LogP contribution in [0.2, 0.25) is 0 Å². The molecule has 0 aromatic rings. The standard InChI is InChI=1S/C11H21/c1-4-5-6-7-8-9-10-11(2)3/h8-9,11H,1,4-7,10H2,2-3H3. The third-order valence-electron chi connectivity index (χ3n) is 1.64. The van der Waals surface area contributed by atoms with Crippen LogP contribution in [0.3, 0.4) is 0 Å². The van der Waals surface area contributed by atoms with Gasteiger partial charge in [-0.3, -0.25) is 0 Å². The van der Waals surface area contributed by atoms with Crippen LogP contribution in [-0.4, -0.2) is 0 Å². The Morgan fingerprint density at radius 3 is 2.45 bits per heavy atom. The molecule has 0 fully saturated rings. The molecule has 0 aromatic heterocycles. The summed E-state index contributed by atoms with van der Waals surface area (Å²) in [6.45, 7) is 8.31. The molecule has 0 amide bonds. The quantitative estimate of drug-likeness (QED) is 0.400. The Morgan fingerprint density at radius 2 is 1.91 bits per heavy atom. The zero-order valence-corrected chi connectivity index (χ0v) is 7.97. The molecule has 65 valence electrons. The highest BCUT2D eigenvalue weighted by molar-refractivity contribution is 4.82. The van der Waals surface area contributed by atoms with Crippen molar-refractivity contribution in [3.05, 3.63) is 19.1 Å². The van der Waals surface area contributed by atoms with E-state index >= 15 is 0 Å². The maximum Gasteiger partial charge on any atom is -0.0327 e. The summed E-state index contributed by atoms with van der Waals surface area (Å²) < 4.78 is 0. The van der Waals surface area contributed by atoms with Gasteiger partial charge in [0.05, 0.1) is 0 Å². The van der Waals surface area contributed by atoms with E-state index in [1.807, 2.05) is 0 Å². The predicted octanol–water partition coefficient (Wildman–Crippen LogP) is 3.98. The number of rotatable bonds is 6. The van der Waals surface area contributed by atoms with Crippen LogP contribution >= 0.6 is 0 Å². The van der Waals surface area contributed by atoms with Crippen molar-refractivity contribution in [2.24, 2.45) is 5.92 Å². The smallest absolute Gasteiger partial charge is 0.0327 e. The second-order valence-electron chi connectivity index (χ2n) is 3.45. The largest absolute Gasteiger partial charge is 0.0885 e. The summed E-state index contributed by atoms with van der Waals surface area (Å²) >= 11 is 0. The van der Waals surface area contributed by atoms with Gasteiger partial charge in [-0.1, -0.05) is 45.8 Å². The van der Waals surface area contributed by atoms with Gasteiger partial charge in [0.2, 0.25) is 0 Å². The van der Waals surface area contributed by atoms with Gasteiger partial charge >= 0.3 is 0 Å². The normalized spacial score (nSPS) is 11.6. The van der Waals surface area contributed by atoms with Crippen molar-refractivity contribution < 1.29 is 0 Å². The first-order valence-electron chi connectivity index (χ1n) is 4.71. The van der Waals surface area contributed by atoms with Crippen LogP contribution in [-0.2, 0) is 0 Å². The lowest BCUT2D eigenvalue weighted by Gasteiger charge is -1.96. The Morgan fingerprint density at radius 1 is 1.18 bits per heavy atom. The number of allylic oxidation sites excluding steroid dienone is 2. The zero-order valence-electron chi connectivity index (χ0n) is 7.97. The number of unbranched alkanes of at least 4 members (excludes halogenated alkanes) is 3. The molecule has 0 N–H and O–H groups in total. The van der Waals surface area contributed by atoms with Crippen molar-refractivity contribution in [2.45, 2.75) is 46.0 Å². The van der Waals surface area contributed by atoms with Crippen LogP contribution in [0.5, 0.6) is 0 Å². The minimum atomic E-state index is 0.805. The molecule has 0 saturated heterocycles. The first-order valence-corrected chi connectivity index (χ1v) is 4.71. The second kappa shape index (κ2) is 7.84. The fraction of sp³-hybridized carbons (Fsp3) is 0.727. The van der Waals surface area contributed by atoms with Crippen LogP contribution in [0.25, 0.3) is 0 Å². The fourth-order valence-corrected chi connectivity index (χ4v) is 0.925. The van der Waals surface area contributed by atoms with Crippen molar-refractivity contribution in [2.75, 3.05) is 0 Å². The summed E-state index contributed by atoms with van der Waals surface area (Å²) in [5.41, 5.74) is 0. The molecule has 0 aliphatic carbocycles. The van der Waals surface area contributed by atoms with Crippen molar-refractivity contribution in [1.82, 2.24) is 0 Å². The van der Waals surface area contributed by atoms with Gasteiger partial charge in [-0.25, -0.2) is 0 Å². The van der Waals surface area contributed by atoms with E-state index < -0.39 is 0 Å². The van der Waals surface area contributed by atoms with E-state index in [0.717, 1.165) is 12.3 Å². The average Bonchev–Trinajstić information content (AvgIpc) is 1.96. The summed E-state index contributed by atoms with van der Waals surface area (Å²) in [4.78, 5) is 0. The van der Waals surface area contributed by atoms with Gasteiger partial charge in [0, 0.05) is 0 Å². The van der Waals surface area contributed by atoms with Crippen LogP contribution in [0, 0.1) is 12.8 Å². The van der Waals surface area contributed by atoms with Gasteiger partial charge < -0.3 is 0 Å². The second-order valence-corrected chi connectivity index (χ2v) is 3.45. The van der Waals surface area contributed by atoms with Gasteiger partial charge in [-0.05, 0) is 25.2 Å². The maximum atomic E-state index is 3.81. The molecule has 0 bridgehead atoms. The van der Waals surface area contributed by atoms with Gasteiger partial charge in [-0.2, -0.15) is 0 Å². The van der Waals surface area contributed by atoms with E-state index in [2.05, 4.69) is 32.9 Å². The molecular formula is C11H21. The minimum Gasteiger partial charge on any atom is -0.0885 e. The molecule has 11 heavy (non-hydrogen) atoms. The zero-order chi connectivity index (χ0) is 8.53. The maximum absolute atomic E-state index is 3.81. The Bertz CT molecular complexity index is 90.2. The number of hydrogen-bond donors (Lipinski definition) is 0. The Kier molecular flexibility index (Phi) is 7.66. The molecule has 0 spiro atoms. The SMILES string of the molecule is [CH2]CCCCC=CCC(C)C. The fourth-order valence-electron chi connectivity index (χ4n) is 0.925. The first kappa shape index (κ1) is 10.7. The van der Waals surface area contributed by atoms with Gasteiger partial charge in [0.1, 0.15) is 0 Å². The Labute approximate surface area is 71.7 Å². The molecule has 0 saturated carbocycles. The van der Waals surface area contributed by atoms with Gasteiger partial charge in [0.25, 0.3) is 0 Å². The predicted molar refractivity (Wildman–Crippen MR) is 52.4 cm³/mol. The Hall–Kier alpha value is -0.260. The van der Waals surface area contributed by atoms with E-state index in [1.165, 1.54) is 25.7 Å². The lowest BCUT2D eigenvalue weighted by molar-refractivity contribution is 0.660. The van der Waals surface area contributed by atoms with Crippen LogP contribution in [0.1, 0.15) is 46.0 Å². The molecule has 0 aliphatic rings. The highest BCUT2D eigenvalue weighted by atomic mass is 13.9. The highest BCUT2D eigenvalue weighted by Gasteiger charge is 1.86. The molecule has 0 aliphatic heterocycles. The third-order valence-corrected chi connectivity index (χ3v) is 1.64. The van der Waals surface area contributed by atoms with Crippen LogP contribution < -0.4 is 0 Å². The molecule has 0 heteroatoms. The molecule has 0 nitrogen and oxygen atoms in total. The summed E-state index contributed by atoms with van der Waals surface area (Å²) in [5.74, 6) is 0.805. The third kappa shape index (κ3) is 9.74. The van der Waals surface area contributed by atoms with E-state index in [-0.39, 0.29) is 0 Å². The molecule has 0 aromatic carbocycles. The molecule has 1 radical (unpaired) electrons. The van der Waals surface area contributed by atoms with E-state index in [0.29, 0.717) is 0 Å². The molecular weight excluding hydrogens is 132 g/mol. The van der Waals surface area contributed by atoms with Crippen molar-refractivity contribution >= 4 is 0 Å². The van der Waals surface area contributed by atoms with Crippen molar-refractivity contribution in [1.29, 1.82) is 0 Å². The van der Waals surface area contributed by atoms with Crippen LogP contribution in [0.15, 0.2) is 12.2 Å². The van der Waals surface area contributed by atoms with E-state index in [4.69, 9.17) is 0 Å². The van der Waals surface area contributed by atoms with E-state index in [1.54, 1.807) is 0 Å². The summed E-state index contributed by atoms with van der Waals surface area (Å²) in [5, 5.41) is 0. The molecule has 0 heterocycles. The van der Waals surface area contributed by atoms with Gasteiger partial charge in [-0.15, -0.1) is 0 Å². The molecule has 0 atom stereocenters. The average molecular weight is 153 g/mol. The molecule has 0 unspecified atom stereocenters. The van der Waals surface area contributed by atoms with E-state index in [9.17, 15) is 0 Å². The summed E-state index contributed by atoms with van der Waals surface area (Å²) in [6.07, 6.45) is 10.7. The summed E-state index contributed by atoms with van der Waals surface area (Å²) in [6, 6.07) is 0. The topological polar surface area (TPSA) is 0 Å². The first-order chi connectivity index (χ1) is 5.27. The summed E-state index contributed by atoms with van der Waals surface area (Å²) in [7, 11) is 0. The lowest BCUT2D eigenvalue weighted by atomic mass is 10.1. The van der Waals surface area contributed by atoms with Crippen molar-refractivity contribution in [3.8, 4) is 0 Å². The van der Waals surface area contributed by atoms with Gasteiger partial charge in [0.15, 0.2) is 0 Å². The molecule has 0 rings (SSSR count). The Balaban J connectivity index is 3.03. The monoisotopic (exact) mass is 153 g/mol. The minimum absolute atomic E-state index is 0.805. The highest BCUT2D eigenvalue weighted by Crippen LogP contribution is 2.03. The lowest BCUT2D eigenvalue weighted by Crippen LogP contribution is -1.81.